The molecule has 3 N–H and O–H groups in total. The summed E-state index contributed by atoms with van der Waals surface area (Å²) >= 11 is 3.37. The summed E-state index contributed by atoms with van der Waals surface area (Å²) in [5.74, 6) is -0.0945. The van der Waals surface area contributed by atoms with Crippen molar-refractivity contribution in [2.75, 3.05) is 6.54 Å². The van der Waals surface area contributed by atoms with Gasteiger partial charge in [-0.3, -0.25) is 4.79 Å². The number of nitrogens with one attached hydrogen (secondary N) is 1. The number of carbonyl (C=O) groups is 1. The van der Waals surface area contributed by atoms with E-state index >= 15 is 0 Å². The minimum absolute atomic E-state index is 0. The molecule has 0 aliphatic heterocycles. The van der Waals surface area contributed by atoms with Gasteiger partial charge in [-0.1, -0.05) is 15.9 Å². The van der Waals surface area contributed by atoms with E-state index in [4.69, 9.17) is 5.73 Å². The Morgan fingerprint density at radius 2 is 2.00 bits per heavy atom. The molecule has 1 aromatic carbocycles. The molecule has 0 atom stereocenters. The second kappa shape index (κ2) is 6.38. The first kappa shape index (κ1) is 16.4. The Morgan fingerprint density at radius 1 is 1.41 bits per heavy atom. The highest BCUT2D eigenvalue weighted by Crippen LogP contribution is 2.15. The molecule has 96 valence electrons. The van der Waals surface area contributed by atoms with E-state index in [2.05, 4.69) is 21.2 Å². The van der Waals surface area contributed by atoms with Gasteiger partial charge < -0.3 is 11.1 Å². The number of hydrogen-bond donors (Lipinski definition) is 2. The van der Waals surface area contributed by atoms with Gasteiger partial charge in [0.15, 0.2) is 0 Å². The largest absolute Gasteiger partial charge is 0.350 e. The predicted molar refractivity (Wildman–Crippen MR) is 76.7 cm³/mol. The van der Waals surface area contributed by atoms with Crippen molar-refractivity contribution >= 4 is 34.2 Å². The monoisotopic (exact) mass is 320 g/mol. The Kier molecular flexibility index (Phi) is 6.16. The van der Waals surface area contributed by atoms with Crippen LogP contribution in [0.5, 0.6) is 0 Å². The van der Waals surface area contributed by atoms with Crippen molar-refractivity contribution < 1.29 is 4.79 Å². The van der Waals surface area contributed by atoms with Crippen LogP contribution in [0.4, 0.5) is 0 Å². The van der Waals surface area contributed by atoms with Crippen molar-refractivity contribution in [2.45, 2.75) is 26.3 Å². The second-order valence-electron chi connectivity index (χ2n) is 4.69. The van der Waals surface area contributed by atoms with Crippen molar-refractivity contribution in [3.8, 4) is 0 Å². The van der Waals surface area contributed by atoms with Crippen LogP contribution in [0.3, 0.4) is 0 Å². The van der Waals surface area contributed by atoms with Gasteiger partial charge in [-0.15, -0.1) is 12.4 Å². The quantitative estimate of drug-likeness (QED) is 0.899. The Bertz CT molecular complexity index is 382. The fourth-order valence-corrected chi connectivity index (χ4v) is 1.89. The fourth-order valence-electron chi connectivity index (χ4n) is 1.28. The summed E-state index contributed by atoms with van der Waals surface area (Å²) in [6.45, 7) is 6.16. The molecule has 0 unspecified atom stereocenters. The van der Waals surface area contributed by atoms with Crippen LogP contribution in [-0.4, -0.2) is 18.0 Å². The zero-order chi connectivity index (χ0) is 12.3. The average molecular weight is 322 g/mol. The second-order valence-corrected chi connectivity index (χ2v) is 5.60. The van der Waals surface area contributed by atoms with Gasteiger partial charge in [0.2, 0.25) is 0 Å². The lowest BCUT2D eigenvalue weighted by molar-refractivity contribution is 0.0946. The summed E-state index contributed by atoms with van der Waals surface area (Å²) in [4.78, 5) is 11.8. The summed E-state index contributed by atoms with van der Waals surface area (Å²) in [6, 6.07) is 5.61. The third-order valence-electron chi connectivity index (χ3n) is 2.01. The standard InChI is InChI=1S/C12H17BrN2O.ClH/c1-8-4-9(6-10(13)5-8)11(16)15-7-12(2,3)14;/h4-6H,7,14H2,1-3H3,(H,15,16);1H. The van der Waals surface area contributed by atoms with Crippen LogP contribution >= 0.6 is 28.3 Å². The smallest absolute Gasteiger partial charge is 0.251 e. The van der Waals surface area contributed by atoms with Gasteiger partial charge in [0.25, 0.3) is 5.91 Å². The number of amides is 1. The molecule has 0 aliphatic rings. The van der Waals surface area contributed by atoms with Crippen molar-refractivity contribution in [1.82, 2.24) is 5.32 Å². The molecule has 0 spiro atoms. The molecule has 1 rings (SSSR count). The molecule has 3 nitrogen and oxygen atoms in total. The predicted octanol–water partition coefficient (Wildman–Crippen LogP) is 2.65. The van der Waals surface area contributed by atoms with Crippen LogP contribution in [0.15, 0.2) is 22.7 Å². The number of nitrogens with two attached hydrogens (primary N) is 1. The summed E-state index contributed by atoms with van der Waals surface area (Å²) in [5.41, 5.74) is 7.10. The Labute approximate surface area is 117 Å². The third kappa shape index (κ3) is 6.05. The average Bonchev–Trinajstić information content (AvgIpc) is 2.11. The number of halogens is 2. The van der Waals surface area contributed by atoms with Gasteiger partial charge in [-0.05, 0) is 44.5 Å². The molecule has 0 radical (unpaired) electrons. The maximum Gasteiger partial charge on any atom is 0.251 e. The minimum Gasteiger partial charge on any atom is -0.350 e. The number of rotatable bonds is 3. The lowest BCUT2D eigenvalue weighted by Gasteiger charge is -2.19. The number of hydrogen-bond acceptors (Lipinski definition) is 2. The van der Waals surface area contributed by atoms with Crippen molar-refractivity contribution in [2.24, 2.45) is 5.73 Å². The van der Waals surface area contributed by atoms with E-state index in [1.165, 1.54) is 0 Å². The lowest BCUT2D eigenvalue weighted by Crippen LogP contribution is -2.45. The Morgan fingerprint density at radius 3 is 2.47 bits per heavy atom. The first-order valence-electron chi connectivity index (χ1n) is 5.12. The highest BCUT2D eigenvalue weighted by molar-refractivity contribution is 9.10. The van der Waals surface area contributed by atoms with Crippen LogP contribution in [0.25, 0.3) is 0 Å². The molecule has 1 aromatic rings. The zero-order valence-electron chi connectivity index (χ0n) is 10.2. The maximum absolute atomic E-state index is 11.8. The van der Waals surface area contributed by atoms with E-state index in [-0.39, 0.29) is 18.3 Å². The Balaban J connectivity index is 0.00000256. The van der Waals surface area contributed by atoms with Gasteiger partial charge in [0, 0.05) is 22.1 Å². The molecule has 17 heavy (non-hydrogen) atoms. The molecule has 1 amide bonds. The van der Waals surface area contributed by atoms with Crippen LogP contribution < -0.4 is 11.1 Å². The van der Waals surface area contributed by atoms with Crippen LogP contribution in [-0.2, 0) is 0 Å². The number of aryl methyl sites for hydroxylation is 1. The van der Waals surface area contributed by atoms with Crippen LogP contribution in [0.2, 0.25) is 0 Å². The van der Waals surface area contributed by atoms with E-state index in [0.717, 1.165) is 10.0 Å². The van der Waals surface area contributed by atoms with Gasteiger partial charge >= 0.3 is 0 Å². The molecule has 0 heterocycles. The van der Waals surface area contributed by atoms with Gasteiger partial charge in [0.1, 0.15) is 0 Å². The molecular weight excluding hydrogens is 304 g/mol. The highest BCUT2D eigenvalue weighted by atomic mass is 79.9. The Hall–Kier alpha value is -0.580. The summed E-state index contributed by atoms with van der Waals surface area (Å²) in [7, 11) is 0. The first-order valence-corrected chi connectivity index (χ1v) is 5.91. The molecule has 0 aliphatic carbocycles. The van der Waals surface area contributed by atoms with Crippen LogP contribution in [0, 0.1) is 6.92 Å². The number of carbonyl (C=O) groups excluding carboxylic acids is 1. The van der Waals surface area contributed by atoms with E-state index < -0.39 is 5.54 Å². The third-order valence-corrected chi connectivity index (χ3v) is 2.47. The van der Waals surface area contributed by atoms with Crippen LogP contribution in [0.1, 0.15) is 29.8 Å². The van der Waals surface area contributed by atoms with Gasteiger partial charge in [-0.25, -0.2) is 0 Å². The first-order chi connectivity index (χ1) is 7.28. The molecule has 5 heteroatoms. The van der Waals surface area contributed by atoms with Crippen molar-refractivity contribution in [1.29, 1.82) is 0 Å². The molecule has 0 aromatic heterocycles. The minimum atomic E-state index is -0.392. The topological polar surface area (TPSA) is 55.1 Å². The summed E-state index contributed by atoms with van der Waals surface area (Å²) in [6.07, 6.45) is 0. The SMILES string of the molecule is Cc1cc(Br)cc(C(=O)NCC(C)(C)N)c1.Cl. The fraction of sp³-hybridized carbons (Fsp3) is 0.417. The molecule has 0 fully saturated rings. The van der Waals surface area contributed by atoms with Gasteiger partial charge in [0.05, 0.1) is 0 Å². The van der Waals surface area contributed by atoms with E-state index in [1.54, 1.807) is 6.07 Å². The molecule has 0 saturated heterocycles. The van der Waals surface area contributed by atoms with E-state index in [9.17, 15) is 4.79 Å². The molecular formula is C12H18BrClN2O. The van der Waals surface area contributed by atoms with E-state index in [0.29, 0.717) is 12.1 Å². The molecule has 0 saturated carbocycles. The summed E-state index contributed by atoms with van der Waals surface area (Å²) in [5, 5.41) is 2.81. The van der Waals surface area contributed by atoms with Crippen molar-refractivity contribution in [3.05, 3.63) is 33.8 Å². The lowest BCUT2D eigenvalue weighted by atomic mass is 10.1. The van der Waals surface area contributed by atoms with Gasteiger partial charge in [-0.2, -0.15) is 0 Å². The molecule has 0 bridgehead atoms. The number of benzene rings is 1. The maximum atomic E-state index is 11.8. The normalized spacial score (nSPS) is 10.6. The van der Waals surface area contributed by atoms with Crippen molar-refractivity contribution in [3.63, 3.8) is 0 Å². The highest BCUT2D eigenvalue weighted by Gasteiger charge is 2.13. The zero-order valence-corrected chi connectivity index (χ0v) is 12.6. The van der Waals surface area contributed by atoms with E-state index in [1.807, 2.05) is 32.9 Å². The summed E-state index contributed by atoms with van der Waals surface area (Å²) < 4.78 is 0.907.